The van der Waals surface area contributed by atoms with E-state index in [9.17, 15) is 9.90 Å². The molecule has 0 bridgehead atoms. The van der Waals surface area contributed by atoms with Gasteiger partial charge in [-0.2, -0.15) is 0 Å². The van der Waals surface area contributed by atoms with E-state index in [0.717, 1.165) is 71.6 Å². The summed E-state index contributed by atoms with van der Waals surface area (Å²) in [7, 11) is 1.67. The van der Waals surface area contributed by atoms with Gasteiger partial charge in [-0.25, -0.2) is 4.79 Å². The summed E-state index contributed by atoms with van der Waals surface area (Å²) in [6.07, 6.45) is 4.49. The number of halogens is 2. The number of aromatic hydroxyl groups is 1. The van der Waals surface area contributed by atoms with E-state index >= 15 is 0 Å². The van der Waals surface area contributed by atoms with Crippen molar-refractivity contribution in [3.63, 3.8) is 0 Å². The number of ether oxygens (including phenoxy) is 2. The average Bonchev–Trinajstić information content (AvgIpc) is 3.46. The smallest absolute Gasteiger partial charge is 0.340 e. The zero-order valence-electron chi connectivity index (χ0n) is 20.6. The molecular weight excluding hydrogens is 564 g/mol. The summed E-state index contributed by atoms with van der Waals surface area (Å²) in [5.74, 6) is 1.33. The molecule has 0 unspecified atom stereocenters. The number of hydrogen-bond donors (Lipinski definition) is 1. The minimum Gasteiger partial charge on any atom is -0.506 e. The number of likely N-dealkylation sites (tertiary alicyclic amines) is 1. The minimum atomic E-state index is -0.317. The molecule has 2 aromatic carbocycles. The van der Waals surface area contributed by atoms with E-state index in [2.05, 4.69) is 31.5 Å². The van der Waals surface area contributed by atoms with Crippen molar-refractivity contribution in [3.05, 3.63) is 51.6 Å². The van der Waals surface area contributed by atoms with Crippen LogP contribution in [0.15, 0.2) is 39.7 Å². The van der Waals surface area contributed by atoms with Crippen LogP contribution in [0.4, 0.5) is 0 Å². The second-order valence-electron chi connectivity index (χ2n) is 9.17. The molecule has 1 aromatic heterocycles. The fourth-order valence-corrected chi connectivity index (χ4v) is 6.45. The molecule has 194 valence electrons. The predicted molar refractivity (Wildman–Crippen MR) is 150 cm³/mol. The van der Waals surface area contributed by atoms with Gasteiger partial charge in [-0.15, -0.1) is 24.2 Å². The van der Waals surface area contributed by atoms with Crippen LogP contribution in [0.5, 0.6) is 11.5 Å². The lowest BCUT2D eigenvalue weighted by atomic mass is 10.0. The highest BCUT2D eigenvalue weighted by Crippen LogP contribution is 2.47. The Kier molecular flexibility index (Phi) is 8.81. The highest BCUT2D eigenvalue weighted by Gasteiger charge is 2.35. The summed E-state index contributed by atoms with van der Waals surface area (Å²) < 4.78 is 14.0. The number of benzene rings is 2. The van der Waals surface area contributed by atoms with Gasteiger partial charge in [-0.1, -0.05) is 6.07 Å². The van der Waals surface area contributed by atoms with Gasteiger partial charge in [0.25, 0.3) is 0 Å². The quantitative estimate of drug-likeness (QED) is 0.214. The summed E-state index contributed by atoms with van der Waals surface area (Å²) in [5.41, 5.74) is 3.37. The Hall–Kier alpha value is -1.87. The molecule has 6 nitrogen and oxygen atoms in total. The zero-order valence-corrected chi connectivity index (χ0v) is 23.8. The number of nitrogens with zero attached hydrogens (tertiary/aromatic N) is 2. The summed E-state index contributed by atoms with van der Waals surface area (Å²) >= 11 is 5.28. The standard InChI is InChI=1S/C27H31BrN2O4S.ClH/c1-3-34-27(32)25-23(16-35-19-8-6-7-18(13-19)33-2)30(17-9-10-17)22-14-21(28)26(31)20(24(22)25)15-29-11-4-5-12-29;/h6-8,13-14,17,31H,3-5,9-12,15-16H2,1-2H3;1H. The van der Waals surface area contributed by atoms with Crippen LogP contribution in [-0.4, -0.2) is 47.3 Å². The molecule has 5 rings (SSSR count). The van der Waals surface area contributed by atoms with Crippen molar-refractivity contribution in [1.29, 1.82) is 0 Å². The number of carbonyl (C=O) groups is 1. The molecular formula is C27H32BrClN2O4S. The number of methoxy groups -OCH3 is 1. The number of thioether (sulfide) groups is 1. The molecule has 0 radical (unpaired) electrons. The van der Waals surface area contributed by atoms with Gasteiger partial charge >= 0.3 is 5.97 Å². The van der Waals surface area contributed by atoms with E-state index in [1.807, 2.05) is 31.2 Å². The summed E-state index contributed by atoms with van der Waals surface area (Å²) in [6, 6.07) is 10.3. The van der Waals surface area contributed by atoms with Crippen LogP contribution >= 0.6 is 40.1 Å². The first-order valence-electron chi connectivity index (χ1n) is 12.2. The Morgan fingerprint density at radius 1 is 1.22 bits per heavy atom. The summed E-state index contributed by atoms with van der Waals surface area (Å²) in [5, 5.41) is 12.0. The number of phenols is 1. The lowest BCUT2D eigenvalue weighted by molar-refractivity contribution is 0.0527. The number of aromatic nitrogens is 1. The molecule has 0 spiro atoms. The van der Waals surface area contributed by atoms with Gasteiger partial charge < -0.3 is 19.1 Å². The molecule has 2 aliphatic rings. The maximum atomic E-state index is 13.5. The minimum absolute atomic E-state index is 0. The normalized spacial score (nSPS) is 15.8. The Balaban J connectivity index is 0.00000304. The molecule has 2 heterocycles. The van der Waals surface area contributed by atoms with Crippen LogP contribution in [0.1, 0.15) is 60.3 Å². The van der Waals surface area contributed by atoms with E-state index in [4.69, 9.17) is 9.47 Å². The van der Waals surface area contributed by atoms with E-state index < -0.39 is 0 Å². The highest BCUT2D eigenvalue weighted by atomic mass is 79.9. The molecule has 1 aliphatic heterocycles. The van der Waals surface area contributed by atoms with Crippen LogP contribution in [0.3, 0.4) is 0 Å². The summed E-state index contributed by atoms with van der Waals surface area (Å²) in [4.78, 5) is 16.9. The Labute approximate surface area is 230 Å². The molecule has 9 heteroatoms. The summed E-state index contributed by atoms with van der Waals surface area (Å²) in [6.45, 7) is 4.77. The maximum absolute atomic E-state index is 13.5. The number of hydrogen-bond acceptors (Lipinski definition) is 6. The van der Waals surface area contributed by atoms with Crippen LogP contribution < -0.4 is 4.74 Å². The molecule has 1 N–H and O–H groups in total. The molecule has 2 fully saturated rings. The van der Waals surface area contributed by atoms with E-state index in [1.165, 1.54) is 0 Å². The van der Waals surface area contributed by atoms with Crippen LogP contribution in [0.2, 0.25) is 0 Å². The Bertz CT molecular complexity index is 1250. The van der Waals surface area contributed by atoms with Gasteiger partial charge in [-0.3, -0.25) is 4.90 Å². The number of carbonyl (C=O) groups excluding carboxylic acids is 1. The first-order valence-corrected chi connectivity index (χ1v) is 14.0. The highest BCUT2D eigenvalue weighted by molar-refractivity contribution is 9.10. The topological polar surface area (TPSA) is 63.9 Å². The molecule has 1 saturated heterocycles. The SMILES string of the molecule is CCOC(=O)c1c(CSc2cccc(OC)c2)n(C2CC2)c2cc(Br)c(O)c(CN3CCCC3)c12.Cl. The van der Waals surface area contributed by atoms with Gasteiger partial charge in [0.2, 0.25) is 0 Å². The largest absolute Gasteiger partial charge is 0.506 e. The fraction of sp³-hybridized carbons (Fsp3) is 0.444. The molecule has 3 aromatic rings. The van der Waals surface area contributed by atoms with Crippen LogP contribution in [0.25, 0.3) is 10.9 Å². The molecule has 1 aliphatic carbocycles. The van der Waals surface area contributed by atoms with Crippen molar-refractivity contribution >= 4 is 57.0 Å². The Morgan fingerprint density at radius 3 is 2.64 bits per heavy atom. The molecule has 36 heavy (non-hydrogen) atoms. The van der Waals surface area contributed by atoms with Crippen LogP contribution in [-0.2, 0) is 17.0 Å². The van der Waals surface area contributed by atoms with Crippen molar-refractivity contribution in [3.8, 4) is 11.5 Å². The first-order chi connectivity index (χ1) is 17.0. The molecule has 0 atom stereocenters. The van der Waals surface area contributed by atoms with E-state index in [-0.39, 0.29) is 24.1 Å². The Morgan fingerprint density at radius 2 is 1.97 bits per heavy atom. The van der Waals surface area contributed by atoms with E-state index in [0.29, 0.717) is 35.0 Å². The van der Waals surface area contributed by atoms with Gasteiger partial charge in [0, 0.05) is 39.9 Å². The van der Waals surface area contributed by atoms with E-state index in [1.54, 1.807) is 18.9 Å². The number of rotatable bonds is 9. The average molecular weight is 596 g/mol. The van der Waals surface area contributed by atoms with Gasteiger partial charge in [0.05, 0.1) is 29.3 Å². The number of phenolic OH excluding ortho intramolecular Hbond substituents is 1. The number of fused-ring (bicyclic) bond motifs is 1. The second-order valence-corrected chi connectivity index (χ2v) is 11.1. The molecule has 1 saturated carbocycles. The monoisotopic (exact) mass is 594 g/mol. The lowest BCUT2D eigenvalue weighted by Gasteiger charge is -2.18. The molecule has 0 amide bonds. The zero-order chi connectivity index (χ0) is 24.5. The maximum Gasteiger partial charge on any atom is 0.340 e. The lowest BCUT2D eigenvalue weighted by Crippen LogP contribution is -2.19. The third-order valence-corrected chi connectivity index (χ3v) is 8.42. The van der Waals surface area contributed by atoms with Crippen molar-refractivity contribution in [1.82, 2.24) is 9.47 Å². The van der Waals surface area contributed by atoms with Crippen LogP contribution in [0, 0.1) is 0 Å². The van der Waals surface area contributed by atoms with Crippen molar-refractivity contribution in [2.75, 3.05) is 26.8 Å². The van der Waals surface area contributed by atoms with Gasteiger partial charge in [0.1, 0.15) is 11.5 Å². The van der Waals surface area contributed by atoms with Gasteiger partial charge in [-0.05, 0) is 85.9 Å². The number of esters is 1. The van der Waals surface area contributed by atoms with Gasteiger partial charge in [0.15, 0.2) is 0 Å². The third kappa shape index (κ3) is 5.37. The second kappa shape index (κ2) is 11.7. The van der Waals surface area contributed by atoms with Crippen molar-refractivity contribution < 1.29 is 19.4 Å². The van der Waals surface area contributed by atoms with Crippen molar-refractivity contribution in [2.45, 2.75) is 55.8 Å². The fourth-order valence-electron chi connectivity index (χ4n) is 5.03. The third-order valence-electron chi connectivity index (χ3n) is 6.81. The predicted octanol–water partition coefficient (Wildman–Crippen LogP) is 6.94. The van der Waals surface area contributed by atoms with Crippen molar-refractivity contribution in [2.24, 2.45) is 0 Å². The first kappa shape index (κ1) is 27.2.